The van der Waals surface area contributed by atoms with Gasteiger partial charge >= 0.3 is 6.18 Å². The molecule has 32 heavy (non-hydrogen) atoms. The first-order chi connectivity index (χ1) is 15.3. The molecule has 1 atom stereocenters. The highest BCUT2D eigenvalue weighted by atomic mass is 19.4. The van der Waals surface area contributed by atoms with E-state index in [1.54, 1.807) is 6.08 Å². The number of carbonyl (C=O) groups is 1. The molecule has 0 unspecified atom stereocenters. The van der Waals surface area contributed by atoms with Crippen LogP contribution in [0.3, 0.4) is 0 Å². The normalized spacial score (nSPS) is 19.8. The molecule has 0 fully saturated rings. The first-order valence-electron chi connectivity index (χ1n) is 10.4. The van der Waals surface area contributed by atoms with E-state index in [0.29, 0.717) is 50.2 Å². The lowest BCUT2D eigenvalue weighted by molar-refractivity contribution is -0.140. The zero-order chi connectivity index (χ0) is 22.9. The van der Waals surface area contributed by atoms with E-state index in [1.807, 2.05) is 17.2 Å². The molecule has 0 spiro atoms. The number of ether oxygens (including phenoxy) is 1. The molecule has 0 aliphatic carbocycles. The fraction of sp³-hybridized carbons (Fsp3) is 0.391. The summed E-state index contributed by atoms with van der Waals surface area (Å²) in [6.07, 6.45) is 2.40. The number of nitrogens with zero attached hydrogens (tertiary/aromatic N) is 2. The van der Waals surface area contributed by atoms with Gasteiger partial charge in [-0.15, -0.1) is 0 Å². The molecule has 3 aliphatic heterocycles. The molecule has 0 radical (unpaired) electrons. The summed E-state index contributed by atoms with van der Waals surface area (Å²) in [5, 5.41) is 2.65. The average Bonchev–Trinajstić information content (AvgIpc) is 2.78. The number of rotatable bonds is 4. The van der Waals surface area contributed by atoms with Gasteiger partial charge in [-0.3, -0.25) is 9.79 Å². The minimum absolute atomic E-state index is 0.227. The predicted molar refractivity (Wildman–Crippen MR) is 111 cm³/mol. The molecule has 1 aromatic carbocycles. The lowest BCUT2D eigenvalue weighted by Crippen LogP contribution is -2.41. The van der Waals surface area contributed by atoms with Crippen LogP contribution < -0.4 is 5.32 Å². The van der Waals surface area contributed by atoms with Gasteiger partial charge in [-0.1, -0.05) is 18.2 Å². The SMILES string of the molecule is C[C@@H](NC(=O)C1=CC(C2=CCOCC2)=CN2CCCN=C12)c1cccc(C(F)(F)F)c1F. The van der Waals surface area contributed by atoms with E-state index in [9.17, 15) is 22.4 Å². The maximum Gasteiger partial charge on any atom is 0.419 e. The van der Waals surface area contributed by atoms with E-state index in [1.165, 1.54) is 13.0 Å². The third-order valence-electron chi connectivity index (χ3n) is 5.65. The zero-order valence-electron chi connectivity index (χ0n) is 17.5. The Morgan fingerprint density at radius 1 is 1.31 bits per heavy atom. The molecule has 3 aliphatic rings. The molecule has 3 heterocycles. The van der Waals surface area contributed by atoms with Crippen LogP contribution in [-0.4, -0.2) is 42.9 Å². The van der Waals surface area contributed by atoms with Crippen molar-refractivity contribution in [3.8, 4) is 0 Å². The van der Waals surface area contributed by atoms with Crippen LogP contribution in [0.5, 0.6) is 0 Å². The Hall–Kier alpha value is -2.94. The highest BCUT2D eigenvalue weighted by Crippen LogP contribution is 2.34. The van der Waals surface area contributed by atoms with Gasteiger partial charge in [0.1, 0.15) is 11.7 Å². The summed E-state index contributed by atoms with van der Waals surface area (Å²) in [5.41, 5.74) is 0.664. The Bertz CT molecular complexity index is 1040. The number of hydrogen-bond acceptors (Lipinski definition) is 4. The second-order valence-electron chi connectivity index (χ2n) is 7.85. The third kappa shape index (κ3) is 4.48. The molecular weight excluding hydrogens is 426 g/mol. The van der Waals surface area contributed by atoms with Crippen molar-refractivity contribution in [2.24, 2.45) is 4.99 Å². The van der Waals surface area contributed by atoms with Gasteiger partial charge in [-0.05, 0) is 43.1 Å². The Labute approximate surface area is 183 Å². The largest absolute Gasteiger partial charge is 0.419 e. The van der Waals surface area contributed by atoms with Gasteiger partial charge in [0.05, 0.1) is 30.4 Å². The van der Waals surface area contributed by atoms with Crippen LogP contribution in [0.2, 0.25) is 0 Å². The third-order valence-corrected chi connectivity index (χ3v) is 5.65. The molecule has 1 amide bonds. The van der Waals surface area contributed by atoms with Crippen molar-refractivity contribution in [3.63, 3.8) is 0 Å². The summed E-state index contributed by atoms with van der Waals surface area (Å²) in [5.74, 6) is -1.38. The minimum Gasteiger partial charge on any atom is -0.377 e. The highest BCUT2D eigenvalue weighted by molar-refractivity contribution is 6.22. The number of amidine groups is 1. The van der Waals surface area contributed by atoms with E-state index in [-0.39, 0.29) is 5.56 Å². The second-order valence-corrected chi connectivity index (χ2v) is 7.85. The van der Waals surface area contributed by atoms with Crippen LogP contribution in [0, 0.1) is 5.82 Å². The molecule has 170 valence electrons. The molecule has 0 bridgehead atoms. The van der Waals surface area contributed by atoms with Crippen LogP contribution in [0.4, 0.5) is 17.6 Å². The van der Waals surface area contributed by atoms with Crippen molar-refractivity contribution in [2.75, 3.05) is 26.3 Å². The Morgan fingerprint density at radius 3 is 2.84 bits per heavy atom. The number of amides is 1. The molecule has 9 heteroatoms. The number of benzene rings is 1. The first-order valence-corrected chi connectivity index (χ1v) is 10.4. The maximum absolute atomic E-state index is 14.5. The minimum atomic E-state index is -4.82. The van der Waals surface area contributed by atoms with E-state index < -0.39 is 29.5 Å². The number of halogens is 4. The fourth-order valence-electron chi connectivity index (χ4n) is 4.00. The van der Waals surface area contributed by atoms with Crippen molar-refractivity contribution >= 4 is 11.7 Å². The van der Waals surface area contributed by atoms with Crippen molar-refractivity contribution in [1.82, 2.24) is 10.2 Å². The Kier molecular flexibility index (Phi) is 6.19. The topological polar surface area (TPSA) is 53.9 Å². The van der Waals surface area contributed by atoms with Crippen LogP contribution in [0.1, 0.15) is 36.9 Å². The lowest BCUT2D eigenvalue weighted by Gasteiger charge is -2.32. The molecule has 0 saturated heterocycles. The summed E-state index contributed by atoms with van der Waals surface area (Å²) in [4.78, 5) is 19.6. The quantitative estimate of drug-likeness (QED) is 0.698. The standard InChI is InChI=1S/C23H23F4N3O2/c1-14(17-4-2-5-19(20(17)24)23(25,26)27)29-22(31)18-12-16(15-6-10-32-11-7-15)13-30-9-3-8-28-21(18)30/h2,4-6,12-14H,3,7-11H2,1H3,(H,29,31)/t14-/m1/s1. The number of allylic oxidation sites excluding steroid dienone is 2. The number of alkyl halides is 3. The Balaban J connectivity index is 1.61. The summed E-state index contributed by atoms with van der Waals surface area (Å²) in [6, 6.07) is 2.09. The second kappa shape index (κ2) is 8.90. The number of fused-ring (bicyclic) bond motifs is 1. The average molecular weight is 449 g/mol. The fourth-order valence-corrected chi connectivity index (χ4v) is 4.00. The van der Waals surface area contributed by atoms with Crippen molar-refractivity contribution in [2.45, 2.75) is 32.0 Å². The zero-order valence-corrected chi connectivity index (χ0v) is 17.5. The number of hydrogen-bond donors (Lipinski definition) is 1. The molecular formula is C23H23F4N3O2. The molecule has 1 N–H and O–H groups in total. The lowest BCUT2D eigenvalue weighted by atomic mass is 9.95. The number of carbonyl (C=O) groups excluding carboxylic acids is 1. The Morgan fingerprint density at radius 2 is 2.12 bits per heavy atom. The molecule has 4 rings (SSSR count). The molecule has 1 aromatic rings. The van der Waals surface area contributed by atoms with E-state index in [2.05, 4.69) is 10.3 Å². The summed E-state index contributed by atoms with van der Waals surface area (Å²) in [6.45, 7) is 3.82. The van der Waals surface area contributed by atoms with Crippen LogP contribution in [-0.2, 0) is 15.7 Å². The van der Waals surface area contributed by atoms with Crippen LogP contribution in [0.15, 0.2) is 58.3 Å². The monoisotopic (exact) mass is 449 g/mol. The van der Waals surface area contributed by atoms with E-state index in [0.717, 1.165) is 23.6 Å². The predicted octanol–water partition coefficient (Wildman–Crippen LogP) is 4.30. The first kappa shape index (κ1) is 22.3. The van der Waals surface area contributed by atoms with Crippen molar-refractivity contribution in [3.05, 3.63) is 70.2 Å². The van der Waals surface area contributed by atoms with Crippen LogP contribution >= 0.6 is 0 Å². The molecule has 0 saturated carbocycles. The van der Waals surface area contributed by atoms with Crippen molar-refractivity contribution in [1.29, 1.82) is 0 Å². The molecule has 5 nitrogen and oxygen atoms in total. The maximum atomic E-state index is 14.5. The smallest absolute Gasteiger partial charge is 0.377 e. The summed E-state index contributed by atoms with van der Waals surface area (Å²) >= 11 is 0. The van der Waals surface area contributed by atoms with Gasteiger partial charge < -0.3 is 15.0 Å². The van der Waals surface area contributed by atoms with Gasteiger partial charge in [0.25, 0.3) is 5.91 Å². The van der Waals surface area contributed by atoms with E-state index >= 15 is 0 Å². The summed E-state index contributed by atoms with van der Waals surface area (Å²) < 4.78 is 59.1. The van der Waals surface area contributed by atoms with E-state index in [4.69, 9.17) is 4.74 Å². The molecule has 0 aromatic heterocycles. The number of nitrogens with one attached hydrogen (secondary N) is 1. The van der Waals surface area contributed by atoms with Gasteiger partial charge in [0.2, 0.25) is 0 Å². The summed E-state index contributed by atoms with van der Waals surface area (Å²) in [7, 11) is 0. The van der Waals surface area contributed by atoms with Gasteiger partial charge in [0, 0.05) is 24.9 Å². The van der Waals surface area contributed by atoms with Crippen molar-refractivity contribution < 1.29 is 27.1 Å². The van der Waals surface area contributed by atoms with Gasteiger partial charge in [-0.25, -0.2) is 4.39 Å². The van der Waals surface area contributed by atoms with Gasteiger partial charge in [0.15, 0.2) is 0 Å². The van der Waals surface area contributed by atoms with Gasteiger partial charge in [-0.2, -0.15) is 13.2 Å². The highest BCUT2D eigenvalue weighted by Gasteiger charge is 2.36. The van der Waals surface area contributed by atoms with Crippen LogP contribution in [0.25, 0.3) is 0 Å². The number of aliphatic imine (C=N–C) groups is 1.